The number of primary amides is 1. The molecule has 2 heterocycles. The number of pyridine rings is 1. The number of carbonyl (C=O) groups excluding carboxylic acids is 3. The molecular formula is C15H20N5O3+. The van der Waals surface area contributed by atoms with E-state index in [1.165, 1.54) is 18.0 Å². The molecule has 8 nitrogen and oxygen atoms in total. The van der Waals surface area contributed by atoms with Crippen LogP contribution in [-0.4, -0.2) is 52.3 Å². The molecule has 0 aromatic carbocycles. The maximum Gasteiger partial charge on any atom is 0.250 e. The Morgan fingerprint density at radius 3 is 2.87 bits per heavy atom. The molecule has 0 unspecified atom stereocenters. The first-order chi connectivity index (χ1) is 10.9. The van der Waals surface area contributed by atoms with Crippen LogP contribution in [0.15, 0.2) is 18.3 Å². The Morgan fingerprint density at radius 1 is 1.48 bits per heavy atom. The fourth-order valence-electron chi connectivity index (χ4n) is 2.58. The SMILES string of the molecule is CC(=O)C(=[NH2+])c1cccnc1NCC(=O)N1CCC[C@H]1C(N)=O. The van der Waals surface area contributed by atoms with Crippen molar-refractivity contribution < 1.29 is 19.8 Å². The summed E-state index contributed by atoms with van der Waals surface area (Å²) in [6.45, 7) is 1.81. The number of anilines is 1. The van der Waals surface area contributed by atoms with Gasteiger partial charge in [-0.3, -0.25) is 19.8 Å². The lowest BCUT2D eigenvalue weighted by molar-refractivity contribution is -0.135. The van der Waals surface area contributed by atoms with Crippen molar-refractivity contribution in [2.24, 2.45) is 5.73 Å². The van der Waals surface area contributed by atoms with Gasteiger partial charge in [-0.05, 0) is 25.0 Å². The third-order valence-electron chi connectivity index (χ3n) is 3.79. The van der Waals surface area contributed by atoms with Gasteiger partial charge in [-0.15, -0.1) is 0 Å². The monoisotopic (exact) mass is 318 g/mol. The topological polar surface area (TPSA) is 131 Å². The number of rotatable bonds is 6. The van der Waals surface area contributed by atoms with Crippen molar-refractivity contribution >= 4 is 29.1 Å². The number of aromatic nitrogens is 1. The molecule has 0 spiro atoms. The molecule has 1 aliphatic heterocycles. The lowest BCUT2D eigenvalue weighted by Crippen LogP contribution is -2.46. The molecule has 1 aromatic rings. The first-order valence-electron chi connectivity index (χ1n) is 7.33. The van der Waals surface area contributed by atoms with Crippen molar-refractivity contribution in [3.8, 4) is 0 Å². The highest BCUT2D eigenvalue weighted by Gasteiger charge is 2.32. The Hall–Kier alpha value is -2.77. The van der Waals surface area contributed by atoms with Crippen LogP contribution >= 0.6 is 0 Å². The molecule has 0 radical (unpaired) electrons. The molecule has 0 bridgehead atoms. The Balaban J connectivity index is 2.07. The summed E-state index contributed by atoms with van der Waals surface area (Å²) >= 11 is 0. The van der Waals surface area contributed by atoms with Gasteiger partial charge in [-0.25, -0.2) is 4.98 Å². The number of carbonyl (C=O) groups is 3. The van der Waals surface area contributed by atoms with Gasteiger partial charge in [0.1, 0.15) is 11.9 Å². The standard InChI is InChI=1S/C15H19N5O3/c1-9(21)13(16)10-4-2-6-18-15(10)19-8-12(22)20-7-3-5-11(20)14(17)23/h2,4,6,11,16H,3,5,7-8H2,1H3,(H2,17,23)(H,18,19)/p+1/t11-/m0/s1. The summed E-state index contributed by atoms with van der Waals surface area (Å²) in [5, 5.41) is 8.64. The summed E-state index contributed by atoms with van der Waals surface area (Å²) in [7, 11) is 0. The minimum atomic E-state index is -0.554. The number of nitrogens with zero attached hydrogens (tertiary/aromatic N) is 2. The molecule has 1 aromatic heterocycles. The summed E-state index contributed by atoms with van der Waals surface area (Å²) in [6.07, 6.45) is 2.87. The largest absolute Gasteiger partial charge is 0.368 e. The zero-order valence-corrected chi connectivity index (χ0v) is 12.9. The number of hydrogen-bond acceptors (Lipinski definition) is 5. The normalized spacial score (nSPS) is 16.9. The van der Waals surface area contributed by atoms with Gasteiger partial charge in [0.25, 0.3) is 5.71 Å². The van der Waals surface area contributed by atoms with Crippen molar-refractivity contribution in [3.63, 3.8) is 0 Å². The third kappa shape index (κ3) is 3.71. The molecule has 1 aliphatic rings. The van der Waals surface area contributed by atoms with Crippen LogP contribution < -0.4 is 16.5 Å². The summed E-state index contributed by atoms with van der Waals surface area (Å²) in [4.78, 5) is 40.6. The fourth-order valence-corrected chi connectivity index (χ4v) is 2.58. The van der Waals surface area contributed by atoms with E-state index in [9.17, 15) is 14.4 Å². The van der Waals surface area contributed by atoms with Crippen LogP contribution in [0.5, 0.6) is 0 Å². The van der Waals surface area contributed by atoms with E-state index in [1.807, 2.05) is 0 Å². The second-order valence-electron chi connectivity index (χ2n) is 5.37. The van der Waals surface area contributed by atoms with Gasteiger partial charge in [-0.1, -0.05) is 0 Å². The first-order valence-corrected chi connectivity index (χ1v) is 7.33. The molecule has 122 valence electrons. The second kappa shape index (κ2) is 6.99. The Kier molecular flexibility index (Phi) is 5.05. The van der Waals surface area contributed by atoms with Crippen LogP contribution in [0.4, 0.5) is 5.82 Å². The van der Waals surface area contributed by atoms with Crippen molar-refractivity contribution in [1.82, 2.24) is 9.88 Å². The molecule has 1 saturated heterocycles. The molecule has 1 fully saturated rings. The molecule has 8 heteroatoms. The van der Waals surface area contributed by atoms with Crippen molar-refractivity contribution in [2.75, 3.05) is 18.4 Å². The van der Waals surface area contributed by atoms with Crippen molar-refractivity contribution in [3.05, 3.63) is 23.9 Å². The van der Waals surface area contributed by atoms with Crippen LogP contribution in [0.3, 0.4) is 0 Å². The molecule has 2 rings (SSSR count). The number of nitrogens with one attached hydrogen (secondary N) is 1. The third-order valence-corrected chi connectivity index (χ3v) is 3.79. The number of amides is 2. The van der Waals surface area contributed by atoms with E-state index in [0.717, 1.165) is 6.42 Å². The van der Waals surface area contributed by atoms with Gasteiger partial charge >= 0.3 is 0 Å². The predicted octanol–water partition coefficient (Wildman–Crippen LogP) is -1.89. The summed E-state index contributed by atoms with van der Waals surface area (Å²) in [5.74, 6) is -0.670. The lowest BCUT2D eigenvalue weighted by Gasteiger charge is -2.22. The summed E-state index contributed by atoms with van der Waals surface area (Å²) in [6, 6.07) is 2.75. The average Bonchev–Trinajstić information content (AvgIpc) is 3.02. The summed E-state index contributed by atoms with van der Waals surface area (Å²) in [5.41, 5.74) is 5.83. The fraction of sp³-hybridized carbons (Fsp3) is 0.400. The highest BCUT2D eigenvalue weighted by Crippen LogP contribution is 2.17. The van der Waals surface area contributed by atoms with Gasteiger partial charge < -0.3 is 16.0 Å². The zero-order valence-electron chi connectivity index (χ0n) is 12.9. The van der Waals surface area contributed by atoms with E-state index in [0.29, 0.717) is 24.3 Å². The van der Waals surface area contributed by atoms with Gasteiger partial charge in [0, 0.05) is 19.7 Å². The number of ketones is 1. The average molecular weight is 318 g/mol. The van der Waals surface area contributed by atoms with E-state index >= 15 is 0 Å². The van der Waals surface area contributed by atoms with Crippen LogP contribution in [0, 0.1) is 0 Å². The molecule has 5 N–H and O–H groups in total. The smallest absolute Gasteiger partial charge is 0.250 e. The minimum absolute atomic E-state index is 0.0566. The van der Waals surface area contributed by atoms with Gasteiger partial charge in [-0.2, -0.15) is 0 Å². The Bertz CT molecular complexity index is 658. The Labute approximate surface area is 133 Å². The highest BCUT2D eigenvalue weighted by atomic mass is 16.2. The molecule has 0 saturated carbocycles. The first kappa shape index (κ1) is 16.6. The number of hydrogen-bond donors (Lipinski definition) is 3. The lowest BCUT2D eigenvalue weighted by atomic mass is 10.1. The van der Waals surface area contributed by atoms with Crippen LogP contribution in [0.25, 0.3) is 0 Å². The van der Waals surface area contributed by atoms with E-state index in [4.69, 9.17) is 11.1 Å². The van der Waals surface area contributed by atoms with Gasteiger partial charge in [0.2, 0.25) is 17.6 Å². The van der Waals surface area contributed by atoms with Crippen LogP contribution in [0.1, 0.15) is 25.3 Å². The minimum Gasteiger partial charge on any atom is -0.368 e. The van der Waals surface area contributed by atoms with Gasteiger partial charge in [0.15, 0.2) is 0 Å². The van der Waals surface area contributed by atoms with E-state index in [-0.39, 0.29) is 23.9 Å². The zero-order chi connectivity index (χ0) is 17.0. The summed E-state index contributed by atoms with van der Waals surface area (Å²) < 4.78 is 0. The predicted molar refractivity (Wildman–Crippen MR) is 83.4 cm³/mol. The molecule has 1 atom stereocenters. The maximum atomic E-state index is 12.3. The number of Topliss-reactive ketones (excluding diaryl/α,β-unsaturated/α-hetero) is 1. The molecule has 23 heavy (non-hydrogen) atoms. The van der Waals surface area contributed by atoms with Crippen molar-refractivity contribution in [2.45, 2.75) is 25.8 Å². The molecule has 2 amide bonds. The quantitative estimate of drug-likeness (QED) is 0.528. The number of likely N-dealkylation sites (tertiary alicyclic amines) is 1. The number of nitrogens with two attached hydrogens (primary N) is 2. The van der Waals surface area contributed by atoms with Gasteiger partial charge in [0.05, 0.1) is 12.1 Å². The molecule has 0 aliphatic carbocycles. The molecular weight excluding hydrogens is 298 g/mol. The maximum absolute atomic E-state index is 12.3. The Morgan fingerprint density at radius 2 is 2.22 bits per heavy atom. The van der Waals surface area contributed by atoms with Crippen molar-refractivity contribution in [1.29, 1.82) is 0 Å². The van der Waals surface area contributed by atoms with E-state index in [2.05, 4.69) is 10.3 Å². The van der Waals surface area contributed by atoms with Crippen LogP contribution in [-0.2, 0) is 14.4 Å². The van der Waals surface area contributed by atoms with E-state index in [1.54, 1.807) is 12.1 Å². The highest BCUT2D eigenvalue weighted by molar-refractivity contribution is 6.43. The van der Waals surface area contributed by atoms with Crippen LogP contribution in [0.2, 0.25) is 0 Å². The second-order valence-corrected chi connectivity index (χ2v) is 5.37. The van der Waals surface area contributed by atoms with E-state index < -0.39 is 11.9 Å².